The molecule has 0 heterocycles. The summed E-state index contributed by atoms with van der Waals surface area (Å²) >= 11 is 0. The van der Waals surface area contributed by atoms with Gasteiger partial charge in [0.05, 0.1) is 0 Å². The average Bonchev–Trinajstić information content (AvgIpc) is 2.10. The Bertz CT molecular complexity index is 321. The van der Waals surface area contributed by atoms with Gasteiger partial charge >= 0.3 is 0 Å². The maximum Gasteiger partial charge on any atom is -0.0181 e. The molecule has 0 saturated heterocycles. The van der Waals surface area contributed by atoms with Crippen molar-refractivity contribution in [3.05, 3.63) is 34.9 Å². The first-order valence-electron chi connectivity index (χ1n) is 5.21. The molecule has 0 saturated carbocycles. The minimum absolute atomic E-state index is 1.25. The van der Waals surface area contributed by atoms with Gasteiger partial charge in [-0.15, -0.1) is 0 Å². The third kappa shape index (κ3) is 1.82. The lowest BCUT2D eigenvalue weighted by Gasteiger charge is -2.11. The highest BCUT2D eigenvalue weighted by molar-refractivity contribution is 5.85. The lowest BCUT2D eigenvalue weighted by molar-refractivity contribution is 0.717. The Hall–Kier alpha value is -1.04. The maximum atomic E-state index is 2.32. The topological polar surface area (TPSA) is 0 Å². The number of hydrogen-bond donors (Lipinski definition) is 0. The van der Waals surface area contributed by atoms with Crippen molar-refractivity contribution in [1.82, 2.24) is 0 Å². The van der Waals surface area contributed by atoms with Crippen molar-refractivity contribution in [2.24, 2.45) is 0 Å². The van der Waals surface area contributed by atoms with Gasteiger partial charge in [-0.3, -0.25) is 0 Å². The predicted molar refractivity (Wildman–Crippen MR) is 58.6 cm³/mol. The van der Waals surface area contributed by atoms with Crippen LogP contribution in [0.1, 0.15) is 42.9 Å². The summed E-state index contributed by atoms with van der Waals surface area (Å²) < 4.78 is 0. The van der Waals surface area contributed by atoms with Gasteiger partial charge in [-0.1, -0.05) is 50.1 Å². The first kappa shape index (κ1) is 8.55. The molecule has 1 aliphatic carbocycles. The fourth-order valence-corrected chi connectivity index (χ4v) is 1.74. The third-order valence-electron chi connectivity index (χ3n) is 2.66. The Morgan fingerprint density at radius 2 is 1.85 bits per heavy atom. The number of fused-ring (bicyclic) bond motifs is 1. The van der Waals surface area contributed by atoms with Gasteiger partial charge in [-0.05, 0) is 29.5 Å². The largest absolute Gasteiger partial charge is 0.0654 e. The van der Waals surface area contributed by atoms with Crippen molar-refractivity contribution in [2.75, 3.05) is 0 Å². The SMILES string of the molecule is CCCCCc1ccc2c(c1)C=C2. The molecule has 0 nitrogen and oxygen atoms in total. The quantitative estimate of drug-likeness (QED) is 0.613. The van der Waals surface area contributed by atoms with Gasteiger partial charge in [-0.2, -0.15) is 0 Å². The summed E-state index contributed by atoms with van der Waals surface area (Å²) in [4.78, 5) is 0. The van der Waals surface area contributed by atoms with E-state index in [1.165, 1.54) is 42.4 Å². The molecule has 2 rings (SSSR count). The predicted octanol–water partition coefficient (Wildman–Crippen LogP) is 3.90. The fraction of sp³-hybridized carbons (Fsp3) is 0.385. The second kappa shape index (κ2) is 3.78. The van der Waals surface area contributed by atoms with Crippen LogP contribution in [-0.2, 0) is 6.42 Å². The molecule has 0 radical (unpaired) electrons. The molecule has 0 amide bonds. The van der Waals surface area contributed by atoms with Crippen molar-refractivity contribution in [3.63, 3.8) is 0 Å². The number of rotatable bonds is 4. The molecule has 0 unspecified atom stereocenters. The summed E-state index contributed by atoms with van der Waals surface area (Å²) in [6, 6.07) is 6.82. The summed E-state index contributed by atoms with van der Waals surface area (Å²) in [6.07, 6.45) is 9.61. The van der Waals surface area contributed by atoms with Gasteiger partial charge in [0.25, 0.3) is 0 Å². The normalized spacial score (nSPS) is 12.4. The van der Waals surface area contributed by atoms with Crippen LogP contribution in [0, 0.1) is 0 Å². The van der Waals surface area contributed by atoms with Crippen LogP contribution in [0.3, 0.4) is 0 Å². The van der Waals surface area contributed by atoms with E-state index in [2.05, 4.69) is 37.3 Å². The maximum absolute atomic E-state index is 2.32. The molecule has 0 N–H and O–H groups in total. The van der Waals surface area contributed by atoms with Crippen LogP contribution in [0.4, 0.5) is 0 Å². The first-order valence-corrected chi connectivity index (χ1v) is 5.21. The Morgan fingerprint density at radius 1 is 1.00 bits per heavy atom. The van der Waals surface area contributed by atoms with Crippen molar-refractivity contribution < 1.29 is 0 Å². The van der Waals surface area contributed by atoms with E-state index in [0.29, 0.717) is 0 Å². The summed E-state index contributed by atoms with van der Waals surface area (Å²) in [7, 11) is 0. The summed E-state index contributed by atoms with van der Waals surface area (Å²) in [5.74, 6) is 0. The highest BCUT2D eigenvalue weighted by Crippen LogP contribution is 2.24. The molecule has 68 valence electrons. The Morgan fingerprint density at radius 3 is 2.46 bits per heavy atom. The van der Waals surface area contributed by atoms with Crippen LogP contribution in [0.2, 0.25) is 0 Å². The Labute approximate surface area is 80.3 Å². The van der Waals surface area contributed by atoms with Crippen molar-refractivity contribution in [2.45, 2.75) is 32.6 Å². The van der Waals surface area contributed by atoms with Gasteiger partial charge < -0.3 is 0 Å². The highest BCUT2D eigenvalue weighted by atomic mass is 14.1. The van der Waals surface area contributed by atoms with Crippen LogP contribution < -0.4 is 0 Å². The minimum atomic E-state index is 1.25. The summed E-state index contributed by atoms with van der Waals surface area (Å²) in [5.41, 5.74) is 4.32. The van der Waals surface area contributed by atoms with Crippen LogP contribution in [0.15, 0.2) is 18.2 Å². The zero-order valence-corrected chi connectivity index (χ0v) is 8.22. The second-order valence-corrected chi connectivity index (χ2v) is 3.75. The van der Waals surface area contributed by atoms with E-state index in [-0.39, 0.29) is 0 Å². The molecule has 0 aliphatic heterocycles. The average molecular weight is 172 g/mol. The monoisotopic (exact) mass is 172 g/mol. The zero-order chi connectivity index (χ0) is 9.10. The van der Waals surface area contributed by atoms with E-state index in [1.807, 2.05) is 0 Å². The van der Waals surface area contributed by atoms with Crippen LogP contribution in [0.5, 0.6) is 0 Å². The molecule has 0 fully saturated rings. The molecular formula is C13H16. The van der Waals surface area contributed by atoms with Gasteiger partial charge in [-0.25, -0.2) is 0 Å². The number of hydrogen-bond acceptors (Lipinski definition) is 0. The molecule has 0 atom stereocenters. The van der Waals surface area contributed by atoms with Gasteiger partial charge in [0.1, 0.15) is 0 Å². The molecule has 1 aromatic rings. The standard InChI is InChI=1S/C13H16/c1-2-3-4-5-11-6-7-12-8-9-13(12)10-11/h6-10H,2-5H2,1H3. The van der Waals surface area contributed by atoms with E-state index in [9.17, 15) is 0 Å². The Kier molecular flexibility index (Phi) is 2.49. The van der Waals surface area contributed by atoms with Gasteiger partial charge in [0.15, 0.2) is 0 Å². The summed E-state index contributed by atoms with van der Waals surface area (Å²) in [5, 5.41) is 0. The molecule has 0 aromatic heterocycles. The zero-order valence-electron chi connectivity index (χ0n) is 8.22. The summed E-state index contributed by atoms with van der Waals surface area (Å²) in [6.45, 7) is 2.25. The first-order chi connectivity index (χ1) is 6.40. The highest BCUT2D eigenvalue weighted by Gasteiger charge is 2.04. The van der Waals surface area contributed by atoms with E-state index in [0.717, 1.165) is 0 Å². The number of benzene rings is 1. The molecule has 1 aromatic carbocycles. The van der Waals surface area contributed by atoms with Crippen molar-refractivity contribution in [3.8, 4) is 0 Å². The lowest BCUT2D eigenvalue weighted by Crippen LogP contribution is -1.93. The minimum Gasteiger partial charge on any atom is -0.0654 e. The van der Waals surface area contributed by atoms with E-state index < -0.39 is 0 Å². The molecule has 13 heavy (non-hydrogen) atoms. The van der Waals surface area contributed by atoms with Crippen LogP contribution in [0.25, 0.3) is 12.2 Å². The molecule has 0 spiro atoms. The van der Waals surface area contributed by atoms with Gasteiger partial charge in [0, 0.05) is 0 Å². The molecule has 0 heteroatoms. The van der Waals surface area contributed by atoms with E-state index >= 15 is 0 Å². The second-order valence-electron chi connectivity index (χ2n) is 3.75. The molecule has 0 bridgehead atoms. The van der Waals surface area contributed by atoms with Crippen molar-refractivity contribution in [1.29, 1.82) is 0 Å². The lowest BCUT2D eigenvalue weighted by atomic mass is 9.94. The number of aryl methyl sites for hydroxylation is 1. The van der Waals surface area contributed by atoms with Crippen LogP contribution >= 0.6 is 0 Å². The fourth-order valence-electron chi connectivity index (χ4n) is 1.74. The Balaban J connectivity index is 1.95. The van der Waals surface area contributed by atoms with Crippen LogP contribution in [-0.4, -0.2) is 0 Å². The molecular weight excluding hydrogens is 156 g/mol. The smallest absolute Gasteiger partial charge is 0.0181 e. The third-order valence-corrected chi connectivity index (χ3v) is 2.66. The van der Waals surface area contributed by atoms with E-state index in [1.54, 1.807) is 0 Å². The number of unbranched alkanes of at least 4 members (excludes halogenated alkanes) is 2. The van der Waals surface area contributed by atoms with Gasteiger partial charge in [0.2, 0.25) is 0 Å². The van der Waals surface area contributed by atoms with E-state index in [4.69, 9.17) is 0 Å². The van der Waals surface area contributed by atoms with Crippen molar-refractivity contribution >= 4 is 12.2 Å². The molecule has 1 aliphatic rings.